The van der Waals surface area contributed by atoms with Crippen LogP contribution in [0.15, 0.2) is 29.2 Å². The van der Waals surface area contributed by atoms with Crippen LogP contribution in [0.4, 0.5) is 0 Å². The van der Waals surface area contributed by atoms with E-state index in [0.717, 1.165) is 0 Å². The number of rotatable bonds is 2. The number of aromatic carboxylic acids is 1. The zero-order valence-corrected chi connectivity index (χ0v) is 8.48. The monoisotopic (exact) mass is 219 g/mol. The molecule has 0 aliphatic rings. The van der Waals surface area contributed by atoms with E-state index in [4.69, 9.17) is 9.84 Å². The molecular weight excluding hydrogens is 210 g/mol. The summed E-state index contributed by atoms with van der Waals surface area (Å²) in [6.07, 6.45) is 1.19. The maximum atomic E-state index is 11.9. The number of aromatic nitrogens is 1. The lowest BCUT2D eigenvalue weighted by Gasteiger charge is -2.04. The molecule has 0 saturated carbocycles. The molecule has 0 saturated heterocycles. The summed E-state index contributed by atoms with van der Waals surface area (Å²) in [6, 6.07) is 5.02. The van der Waals surface area contributed by atoms with Gasteiger partial charge in [-0.3, -0.25) is 4.79 Å². The summed E-state index contributed by atoms with van der Waals surface area (Å²) in [7, 11) is 1.43. The van der Waals surface area contributed by atoms with Gasteiger partial charge in [-0.2, -0.15) is 0 Å². The summed E-state index contributed by atoms with van der Waals surface area (Å²) in [5, 5.41) is 9.08. The maximum Gasteiger partial charge on any atom is 0.341 e. The van der Waals surface area contributed by atoms with E-state index in [1.165, 1.54) is 13.3 Å². The van der Waals surface area contributed by atoms with Gasteiger partial charge in [-0.15, -0.1) is 0 Å². The van der Waals surface area contributed by atoms with E-state index in [-0.39, 0.29) is 10.9 Å². The molecule has 2 rings (SSSR count). The molecule has 1 heterocycles. The fraction of sp³-hybridized carbons (Fsp3) is 0.0909. The Hall–Kier alpha value is -2.30. The highest BCUT2D eigenvalue weighted by molar-refractivity contribution is 5.94. The predicted octanol–water partition coefficient (Wildman–Crippen LogP) is 1.23. The number of fused-ring (bicyclic) bond motifs is 1. The topological polar surface area (TPSA) is 79.4 Å². The Morgan fingerprint density at radius 3 is 2.81 bits per heavy atom. The van der Waals surface area contributed by atoms with Crippen LogP contribution in [0.5, 0.6) is 5.75 Å². The number of nitrogens with one attached hydrogen (secondary N) is 1. The predicted molar refractivity (Wildman–Crippen MR) is 58.1 cm³/mol. The molecule has 0 spiro atoms. The normalized spacial score (nSPS) is 10.3. The molecule has 1 aromatic heterocycles. The molecular formula is C11H9NO4. The summed E-state index contributed by atoms with van der Waals surface area (Å²) in [5.41, 5.74) is -0.287. The molecule has 16 heavy (non-hydrogen) atoms. The largest absolute Gasteiger partial charge is 0.496 e. The van der Waals surface area contributed by atoms with Crippen molar-refractivity contribution in [1.82, 2.24) is 4.98 Å². The maximum absolute atomic E-state index is 11.9. The molecule has 0 atom stereocenters. The van der Waals surface area contributed by atoms with Crippen molar-refractivity contribution in [3.05, 3.63) is 40.2 Å². The number of carboxylic acids is 1. The first kappa shape index (κ1) is 10.2. The zero-order valence-electron chi connectivity index (χ0n) is 8.48. The molecule has 0 aliphatic heterocycles. The number of carboxylic acid groups (broad SMARTS) is 1. The van der Waals surface area contributed by atoms with E-state index in [9.17, 15) is 9.59 Å². The second-order valence-corrected chi connectivity index (χ2v) is 3.22. The Bertz CT molecular complexity index is 615. The van der Waals surface area contributed by atoms with Crippen molar-refractivity contribution in [2.24, 2.45) is 0 Å². The van der Waals surface area contributed by atoms with Crippen molar-refractivity contribution < 1.29 is 14.6 Å². The summed E-state index contributed by atoms with van der Waals surface area (Å²) in [4.78, 5) is 25.4. The number of ether oxygens (including phenoxy) is 1. The van der Waals surface area contributed by atoms with E-state index in [0.29, 0.717) is 11.3 Å². The molecule has 0 unspecified atom stereocenters. The van der Waals surface area contributed by atoms with Crippen molar-refractivity contribution in [1.29, 1.82) is 0 Å². The molecule has 0 aliphatic carbocycles. The Morgan fingerprint density at radius 1 is 1.44 bits per heavy atom. The highest BCUT2D eigenvalue weighted by Gasteiger charge is 2.13. The average molecular weight is 219 g/mol. The summed E-state index contributed by atoms with van der Waals surface area (Å²) in [5.74, 6) is -0.893. The van der Waals surface area contributed by atoms with Gasteiger partial charge in [-0.25, -0.2) is 4.79 Å². The van der Waals surface area contributed by atoms with Gasteiger partial charge in [-0.1, -0.05) is 6.07 Å². The van der Waals surface area contributed by atoms with Crippen LogP contribution >= 0.6 is 0 Å². The van der Waals surface area contributed by atoms with Crippen LogP contribution in [0.3, 0.4) is 0 Å². The molecule has 0 radical (unpaired) electrons. The van der Waals surface area contributed by atoms with E-state index < -0.39 is 11.4 Å². The van der Waals surface area contributed by atoms with Gasteiger partial charge in [-0.05, 0) is 12.1 Å². The highest BCUT2D eigenvalue weighted by atomic mass is 16.5. The minimum atomic E-state index is -1.26. The van der Waals surface area contributed by atoms with Crippen molar-refractivity contribution >= 4 is 16.9 Å². The lowest BCUT2D eigenvalue weighted by molar-refractivity contribution is 0.0695. The number of pyridine rings is 1. The Balaban J connectivity index is 2.92. The third-order valence-corrected chi connectivity index (χ3v) is 2.32. The van der Waals surface area contributed by atoms with Crippen LogP contribution < -0.4 is 10.2 Å². The number of hydrogen-bond acceptors (Lipinski definition) is 3. The molecule has 2 aromatic rings. The molecule has 0 fully saturated rings. The third kappa shape index (κ3) is 1.42. The van der Waals surface area contributed by atoms with Crippen LogP contribution in [0, 0.1) is 0 Å². The van der Waals surface area contributed by atoms with Crippen molar-refractivity contribution in [2.75, 3.05) is 7.11 Å². The SMILES string of the molecule is COc1cccc2[nH]cc(C(=O)O)c(=O)c12. The second-order valence-electron chi connectivity index (χ2n) is 3.22. The number of aromatic amines is 1. The first-order valence-corrected chi connectivity index (χ1v) is 4.57. The first-order chi connectivity index (χ1) is 7.65. The van der Waals surface area contributed by atoms with Crippen LogP contribution in [0.25, 0.3) is 10.9 Å². The van der Waals surface area contributed by atoms with E-state index >= 15 is 0 Å². The Morgan fingerprint density at radius 2 is 2.19 bits per heavy atom. The molecule has 1 aromatic carbocycles. The van der Waals surface area contributed by atoms with Crippen LogP contribution in [0.2, 0.25) is 0 Å². The third-order valence-electron chi connectivity index (χ3n) is 2.32. The fourth-order valence-electron chi connectivity index (χ4n) is 1.56. The Labute approximate surface area is 90.3 Å². The standard InChI is InChI=1S/C11H9NO4/c1-16-8-4-2-3-7-9(8)10(13)6(5-12-7)11(14)15/h2-5H,1H3,(H,12,13)(H,14,15). The zero-order chi connectivity index (χ0) is 11.7. The minimum Gasteiger partial charge on any atom is -0.496 e. The second kappa shape index (κ2) is 3.69. The van der Waals surface area contributed by atoms with E-state index in [2.05, 4.69) is 4.98 Å². The molecule has 5 heteroatoms. The quantitative estimate of drug-likeness (QED) is 0.796. The van der Waals surface area contributed by atoms with Crippen molar-refractivity contribution in [2.45, 2.75) is 0 Å². The van der Waals surface area contributed by atoms with Gasteiger partial charge in [0, 0.05) is 6.20 Å². The van der Waals surface area contributed by atoms with Gasteiger partial charge >= 0.3 is 5.97 Å². The number of benzene rings is 1. The average Bonchev–Trinajstić information content (AvgIpc) is 2.28. The molecule has 5 nitrogen and oxygen atoms in total. The number of hydrogen-bond donors (Lipinski definition) is 2. The highest BCUT2D eigenvalue weighted by Crippen LogP contribution is 2.20. The van der Waals surface area contributed by atoms with Gasteiger partial charge in [0.1, 0.15) is 11.3 Å². The van der Waals surface area contributed by atoms with Crippen LogP contribution in [0.1, 0.15) is 10.4 Å². The number of H-pyrrole nitrogens is 1. The Kier molecular flexibility index (Phi) is 2.36. The smallest absolute Gasteiger partial charge is 0.341 e. The lowest BCUT2D eigenvalue weighted by atomic mass is 10.1. The molecule has 2 N–H and O–H groups in total. The van der Waals surface area contributed by atoms with Gasteiger partial charge < -0.3 is 14.8 Å². The molecule has 0 bridgehead atoms. The van der Waals surface area contributed by atoms with Gasteiger partial charge in [0.25, 0.3) is 0 Å². The minimum absolute atomic E-state index is 0.255. The van der Waals surface area contributed by atoms with Gasteiger partial charge in [0.2, 0.25) is 5.43 Å². The first-order valence-electron chi connectivity index (χ1n) is 4.57. The summed E-state index contributed by atoms with van der Waals surface area (Å²) < 4.78 is 5.03. The number of methoxy groups -OCH3 is 1. The van der Waals surface area contributed by atoms with Crippen LogP contribution in [-0.2, 0) is 0 Å². The summed E-state index contributed by atoms with van der Waals surface area (Å²) in [6.45, 7) is 0. The number of carbonyl (C=O) groups is 1. The van der Waals surface area contributed by atoms with Gasteiger partial charge in [0.05, 0.1) is 18.0 Å². The van der Waals surface area contributed by atoms with Gasteiger partial charge in [0.15, 0.2) is 0 Å². The van der Waals surface area contributed by atoms with E-state index in [1.54, 1.807) is 18.2 Å². The molecule has 82 valence electrons. The fourth-order valence-corrected chi connectivity index (χ4v) is 1.56. The molecule has 0 amide bonds. The van der Waals surface area contributed by atoms with Crippen molar-refractivity contribution in [3.8, 4) is 5.75 Å². The summed E-state index contributed by atoms with van der Waals surface area (Å²) >= 11 is 0. The van der Waals surface area contributed by atoms with Crippen molar-refractivity contribution in [3.63, 3.8) is 0 Å². The van der Waals surface area contributed by atoms with E-state index in [1.807, 2.05) is 0 Å². The van der Waals surface area contributed by atoms with Crippen LogP contribution in [-0.4, -0.2) is 23.2 Å². The lowest BCUT2D eigenvalue weighted by Crippen LogP contribution is -2.15.